The van der Waals surface area contributed by atoms with Crippen LogP contribution in [-0.4, -0.2) is 0 Å². The van der Waals surface area contributed by atoms with E-state index in [-0.39, 0.29) is 0 Å². The van der Waals surface area contributed by atoms with E-state index < -0.39 is 0 Å². The average Bonchev–Trinajstić information content (AvgIpc) is 3.39. The van der Waals surface area contributed by atoms with E-state index in [1.807, 2.05) is 0 Å². The van der Waals surface area contributed by atoms with Gasteiger partial charge in [-0.05, 0) is 173 Å². The van der Waals surface area contributed by atoms with Crippen LogP contribution in [0, 0.1) is 0 Å². The van der Waals surface area contributed by atoms with Gasteiger partial charge >= 0.3 is 0 Å². The van der Waals surface area contributed by atoms with Crippen LogP contribution < -0.4 is 9.80 Å². The Morgan fingerprint density at radius 1 is 0.303 bits per heavy atom. The van der Waals surface area contributed by atoms with Crippen LogP contribution in [0.25, 0.3) is 81.3 Å². The van der Waals surface area contributed by atoms with Crippen molar-refractivity contribution in [3.05, 3.63) is 248 Å². The molecule has 12 aromatic rings. The van der Waals surface area contributed by atoms with Crippen molar-refractivity contribution in [3.63, 3.8) is 0 Å². The molecule has 0 spiro atoms. The van der Waals surface area contributed by atoms with E-state index in [1.54, 1.807) is 0 Å². The van der Waals surface area contributed by atoms with E-state index in [1.165, 1.54) is 86.9 Å². The van der Waals surface area contributed by atoms with Gasteiger partial charge in [-0.3, -0.25) is 0 Å². The highest BCUT2D eigenvalue weighted by atomic mass is 15.1. The fraction of sp³-hybridized carbons (Fsp3) is 0.0312. The topological polar surface area (TPSA) is 6.48 Å². The third kappa shape index (κ3) is 6.10. The van der Waals surface area contributed by atoms with Gasteiger partial charge in [-0.2, -0.15) is 0 Å². The molecule has 0 amide bonds. The van der Waals surface area contributed by atoms with Crippen molar-refractivity contribution in [2.75, 3.05) is 9.80 Å². The number of nitrogens with zero attached hydrogens (tertiary/aromatic N) is 2. The predicted molar refractivity (Wildman–Crippen MR) is 284 cm³/mol. The van der Waals surface area contributed by atoms with Crippen LogP contribution in [0.4, 0.5) is 34.1 Å². The highest BCUT2D eigenvalue weighted by Crippen LogP contribution is 2.51. The van der Waals surface area contributed by atoms with Gasteiger partial charge in [0.15, 0.2) is 0 Å². The number of allylic oxidation sites excluding steroid dienone is 4. The zero-order chi connectivity index (χ0) is 43.6. The maximum Gasteiger partial charge on any atom is 0.0468 e. The fourth-order valence-electron chi connectivity index (χ4n) is 11.0. The molecule has 0 heterocycles. The first-order chi connectivity index (χ1) is 32.8. The SMILES string of the molecule is C1=CCCC(c2c3cc(N(c4ccccc4)c4ccccc4)ccc3c(-c3ccc4c5cccc6cccc(c7cccc3c74)c65)c3cc(N(c4ccccc4)c4ccccc4)ccc23)=C1. The number of hydrogen-bond donors (Lipinski definition) is 0. The molecule has 66 heavy (non-hydrogen) atoms. The molecule has 0 radical (unpaired) electrons. The molecule has 0 bridgehead atoms. The molecule has 0 unspecified atom stereocenters. The summed E-state index contributed by atoms with van der Waals surface area (Å²) < 4.78 is 0. The zero-order valence-electron chi connectivity index (χ0n) is 36.4. The van der Waals surface area contributed by atoms with E-state index in [0.717, 1.165) is 47.0 Å². The van der Waals surface area contributed by atoms with Gasteiger partial charge in [-0.25, -0.2) is 0 Å². The van der Waals surface area contributed by atoms with E-state index in [0.29, 0.717) is 0 Å². The van der Waals surface area contributed by atoms with Gasteiger partial charge in [-0.1, -0.05) is 170 Å². The summed E-state index contributed by atoms with van der Waals surface area (Å²) >= 11 is 0. The Morgan fingerprint density at radius 3 is 1.26 bits per heavy atom. The Hall–Kier alpha value is -8.46. The maximum atomic E-state index is 2.46. The van der Waals surface area contributed by atoms with Crippen molar-refractivity contribution in [2.24, 2.45) is 0 Å². The van der Waals surface area contributed by atoms with Crippen molar-refractivity contribution in [1.82, 2.24) is 0 Å². The number of hydrogen-bond acceptors (Lipinski definition) is 2. The monoisotopic (exact) mass is 840 g/mol. The molecule has 0 N–H and O–H groups in total. The summed E-state index contributed by atoms with van der Waals surface area (Å²) in [5.41, 5.74) is 11.9. The third-order valence-electron chi connectivity index (χ3n) is 13.8. The Kier molecular flexibility index (Phi) is 9.02. The second kappa shape index (κ2) is 15.7. The van der Waals surface area contributed by atoms with Crippen LogP contribution in [0.2, 0.25) is 0 Å². The lowest BCUT2D eigenvalue weighted by atomic mass is 9.81. The van der Waals surface area contributed by atoms with E-state index >= 15 is 0 Å². The highest BCUT2D eigenvalue weighted by Gasteiger charge is 2.25. The first-order valence-electron chi connectivity index (χ1n) is 23.1. The quantitative estimate of drug-likeness (QED) is 0.111. The zero-order valence-corrected chi connectivity index (χ0v) is 36.4. The smallest absolute Gasteiger partial charge is 0.0468 e. The van der Waals surface area contributed by atoms with Crippen LogP contribution >= 0.6 is 0 Å². The molecular formula is C64H44N2. The second-order valence-electron chi connectivity index (χ2n) is 17.5. The highest BCUT2D eigenvalue weighted by molar-refractivity contribution is 6.35. The second-order valence-corrected chi connectivity index (χ2v) is 17.5. The molecular weight excluding hydrogens is 797 g/mol. The molecule has 13 rings (SSSR count). The van der Waals surface area contributed by atoms with Crippen LogP contribution in [0.5, 0.6) is 0 Å². The van der Waals surface area contributed by atoms with Crippen LogP contribution in [-0.2, 0) is 0 Å². The summed E-state index contributed by atoms with van der Waals surface area (Å²) in [6.45, 7) is 0. The molecule has 0 aliphatic heterocycles. The minimum absolute atomic E-state index is 0.971. The molecule has 0 fully saturated rings. The summed E-state index contributed by atoms with van der Waals surface area (Å²) in [4.78, 5) is 4.79. The molecule has 2 heteroatoms. The minimum atomic E-state index is 0.971. The van der Waals surface area contributed by atoms with Crippen molar-refractivity contribution in [1.29, 1.82) is 0 Å². The van der Waals surface area contributed by atoms with E-state index in [9.17, 15) is 0 Å². The molecule has 0 saturated carbocycles. The molecule has 1 aliphatic rings. The Balaban J connectivity index is 1.18. The van der Waals surface area contributed by atoms with Gasteiger partial charge in [0.1, 0.15) is 0 Å². The third-order valence-corrected chi connectivity index (χ3v) is 13.8. The molecule has 1 aliphatic carbocycles. The summed E-state index contributed by atoms with van der Waals surface area (Å²) in [6.07, 6.45) is 8.88. The van der Waals surface area contributed by atoms with Crippen molar-refractivity contribution in [3.8, 4) is 11.1 Å². The molecule has 0 aromatic heterocycles. The Morgan fingerprint density at radius 2 is 0.742 bits per heavy atom. The summed E-state index contributed by atoms with van der Waals surface area (Å²) in [6, 6.07) is 82.8. The van der Waals surface area contributed by atoms with Crippen molar-refractivity contribution >= 4 is 104 Å². The number of anilines is 6. The molecule has 310 valence electrons. The Labute approximate surface area is 384 Å². The van der Waals surface area contributed by atoms with Crippen LogP contribution in [0.15, 0.2) is 243 Å². The number of fused-ring (bicyclic) bond motifs is 4. The van der Waals surface area contributed by atoms with E-state index in [2.05, 4.69) is 252 Å². The van der Waals surface area contributed by atoms with E-state index in [4.69, 9.17) is 0 Å². The maximum absolute atomic E-state index is 2.46. The average molecular weight is 841 g/mol. The number of rotatable bonds is 8. The van der Waals surface area contributed by atoms with Gasteiger partial charge in [0.25, 0.3) is 0 Å². The largest absolute Gasteiger partial charge is 0.310 e. The summed E-state index contributed by atoms with van der Waals surface area (Å²) in [5, 5.41) is 15.4. The minimum Gasteiger partial charge on any atom is -0.310 e. The van der Waals surface area contributed by atoms with Crippen molar-refractivity contribution < 1.29 is 0 Å². The molecule has 2 nitrogen and oxygen atoms in total. The normalized spacial score (nSPS) is 12.8. The first-order valence-corrected chi connectivity index (χ1v) is 23.1. The lowest BCUT2D eigenvalue weighted by Crippen LogP contribution is -2.10. The van der Waals surface area contributed by atoms with Gasteiger partial charge in [0.05, 0.1) is 0 Å². The number of benzene rings is 12. The lowest BCUT2D eigenvalue weighted by Gasteiger charge is -2.28. The van der Waals surface area contributed by atoms with Crippen LogP contribution in [0.3, 0.4) is 0 Å². The molecule has 0 saturated heterocycles. The van der Waals surface area contributed by atoms with Crippen molar-refractivity contribution in [2.45, 2.75) is 12.8 Å². The Bertz CT molecular complexity index is 3720. The number of para-hydroxylation sites is 4. The van der Waals surface area contributed by atoms with Gasteiger partial charge in [0.2, 0.25) is 0 Å². The van der Waals surface area contributed by atoms with Gasteiger partial charge < -0.3 is 9.80 Å². The summed E-state index contributed by atoms with van der Waals surface area (Å²) in [7, 11) is 0. The molecule has 12 aromatic carbocycles. The summed E-state index contributed by atoms with van der Waals surface area (Å²) in [5.74, 6) is 0. The predicted octanol–water partition coefficient (Wildman–Crippen LogP) is 18.4. The molecule has 0 atom stereocenters. The van der Waals surface area contributed by atoms with Gasteiger partial charge in [-0.15, -0.1) is 0 Å². The first kappa shape index (κ1) is 38.0. The fourth-order valence-corrected chi connectivity index (χ4v) is 11.0. The standard InChI is InChI=1S/C64H44N2/c1-6-19-43(20-7-1)62-57-37-35-50(66(47-27-12-4-13-28-47)48-29-14-5-15-30-48)42-60(57)64(58-38-36-49(41-59(58)62)65(45-23-8-2-9-24-45)46-25-10-3-11-26-46)56-40-39-55-52-32-17-22-44-21-16-31-51(61(44)52)53-33-18-34-54(56)63(53)55/h1-6,8-19,21-42H,7,20H2. The van der Waals surface area contributed by atoms with Crippen LogP contribution in [0.1, 0.15) is 18.4 Å². The van der Waals surface area contributed by atoms with Gasteiger partial charge in [0, 0.05) is 34.1 Å². The lowest BCUT2D eigenvalue weighted by molar-refractivity contribution is 1.06.